The maximum absolute atomic E-state index is 13.8. The van der Waals surface area contributed by atoms with Gasteiger partial charge in [-0.15, -0.1) is 0 Å². The average Bonchev–Trinajstić information content (AvgIpc) is 2.81. The Kier molecular flexibility index (Phi) is 3.46. The normalized spacial score (nSPS) is 26.3. The van der Waals surface area contributed by atoms with E-state index >= 15 is 0 Å². The van der Waals surface area contributed by atoms with Gasteiger partial charge in [-0.1, -0.05) is 11.6 Å². The van der Waals surface area contributed by atoms with Crippen LogP contribution in [-0.4, -0.2) is 36.5 Å². The number of hydrogen-bond acceptors (Lipinski definition) is 2. The number of halogens is 2. The fraction of sp³-hybridized carbons (Fsp3) is 0.500. The van der Waals surface area contributed by atoms with Crippen molar-refractivity contribution in [1.82, 2.24) is 10.2 Å². The third-order valence-corrected chi connectivity index (χ3v) is 4.28. The first-order valence-electron chi connectivity index (χ1n) is 6.63. The fourth-order valence-electron chi connectivity index (χ4n) is 3.05. The number of benzene rings is 1. The van der Waals surface area contributed by atoms with Crippen LogP contribution in [0.5, 0.6) is 0 Å². The van der Waals surface area contributed by atoms with E-state index in [4.69, 9.17) is 11.6 Å². The Morgan fingerprint density at radius 2 is 2.26 bits per heavy atom. The summed E-state index contributed by atoms with van der Waals surface area (Å²) in [6.45, 7) is 2.41. The summed E-state index contributed by atoms with van der Waals surface area (Å²) >= 11 is 5.71. The Bertz CT molecular complexity index is 494. The summed E-state index contributed by atoms with van der Waals surface area (Å²) < 4.78 is 13.8. The van der Waals surface area contributed by atoms with E-state index < -0.39 is 5.82 Å². The van der Waals surface area contributed by atoms with Crippen LogP contribution in [0.15, 0.2) is 18.2 Å². The number of piperidine rings is 1. The minimum atomic E-state index is -0.541. The summed E-state index contributed by atoms with van der Waals surface area (Å²) in [5.74, 6) is -0.265. The van der Waals surface area contributed by atoms with Gasteiger partial charge in [0.15, 0.2) is 0 Å². The summed E-state index contributed by atoms with van der Waals surface area (Å²) in [7, 11) is 0. The zero-order valence-corrected chi connectivity index (χ0v) is 11.3. The van der Waals surface area contributed by atoms with Gasteiger partial charge in [0, 0.05) is 24.2 Å². The first kappa shape index (κ1) is 12.9. The number of carbonyl (C=O) groups is 1. The van der Waals surface area contributed by atoms with E-state index in [1.54, 1.807) is 11.0 Å². The van der Waals surface area contributed by atoms with Gasteiger partial charge in [0.25, 0.3) is 5.91 Å². The van der Waals surface area contributed by atoms with E-state index in [0.717, 1.165) is 25.9 Å². The van der Waals surface area contributed by atoms with Gasteiger partial charge in [0.1, 0.15) is 5.82 Å². The number of hydrogen-bond donors (Lipinski definition) is 1. The highest BCUT2D eigenvalue weighted by atomic mass is 35.5. The maximum Gasteiger partial charge on any atom is 0.256 e. The predicted octanol–water partition coefficient (Wildman–Crippen LogP) is 2.30. The Balaban J connectivity index is 1.77. The highest BCUT2D eigenvalue weighted by molar-refractivity contribution is 6.30. The van der Waals surface area contributed by atoms with Crippen molar-refractivity contribution in [2.75, 3.05) is 19.6 Å². The third kappa shape index (κ3) is 2.47. The van der Waals surface area contributed by atoms with Gasteiger partial charge in [-0.3, -0.25) is 4.79 Å². The van der Waals surface area contributed by atoms with Crippen molar-refractivity contribution in [3.63, 3.8) is 0 Å². The minimum absolute atomic E-state index is 0.114. The molecule has 0 spiro atoms. The van der Waals surface area contributed by atoms with E-state index in [-0.39, 0.29) is 11.5 Å². The van der Waals surface area contributed by atoms with Crippen molar-refractivity contribution in [2.24, 2.45) is 5.92 Å². The lowest BCUT2D eigenvalue weighted by Gasteiger charge is -2.24. The Hall–Kier alpha value is -1.13. The molecular weight excluding hydrogens is 267 g/mol. The molecule has 2 fully saturated rings. The van der Waals surface area contributed by atoms with Crippen LogP contribution in [0.1, 0.15) is 23.2 Å². The second-order valence-corrected chi connectivity index (χ2v) is 5.73. The smallest absolute Gasteiger partial charge is 0.256 e. The van der Waals surface area contributed by atoms with E-state index in [2.05, 4.69) is 5.32 Å². The van der Waals surface area contributed by atoms with E-state index in [1.807, 2.05) is 0 Å². The van der Waals surface area contributed by atoms with Crippen LogP contribution in [0.3, 0.4) is 0 Å². The molecule has 2 atom stereocenters. The van der Waals surface area contributed by atoms with Crippen LogP contribution in [-0.2, 0) is 0 Å². The Morgan fingerprint density at radius 3 is 3.00 bits per heavy atom. The SMILES string of the molecule is O=C(c1ccc(Cl)cc1F)N1C[C@@H]2CCCN[C@@H]2C1. The highest BCUT2D eigenvalue weighted by Gasteiger charge is 2.37. The highest BCUT2D eigenvalue weighted by Crippen LogP contribution is 2.27. The van der Waals surface area contributed by atoms with Crippen molar-refractivity contribution in [1.29, 1.82) is 0 Å². The second-order valence-electron chi connectivity index (χ2n) is 5.30. The quantitative estimate of drug-likeness (QED) is 0.857. The molecule has 1 aromatic rings. The lowest BCUT2D eigenvalue weighted by atomic mass is 9.94. The van der Waals surface area contributed by atoms with Gasteiger partial charge in [0.2, 0.25) is 0 Å². The van der Waals surface area contributed by atoms with Crippen molar-refractivity contribution in [3.05, 3.63) is 34.6 Å². The topological polar surface area (TPSA) is 32.3 Å². The van der Waals surface area contributed by atoms with Crippen molar-refractivity contribution < 1.29 is 9.18 Å². The molecule has 2 aliphatic heterocycles. The molecule has 1 aromatic carbocycles. The molecule has 102 valence electrons. The van der Waals surface area contributed by atoms with Crippen LogP contribution in [0.2, 0.25) is 5.02 Å². The van der Waals surface area contributed by atoms with Gasteiger partial charge in [-0.05, 0) is 43.5 Å². The van der Waals surface area contributed by atoms with Crippen LogP contribution in [0, 0.1) is 11.7 Å². The van der Waals surface area contributed by atoms with Crippen molar-refractivity contribution in [3.8, 4) is 0 Å². The number of nitrogens with one attached hydrogen (secondary N) is 1. The standard InChI is InChI=1S/C14H16ClFN2O/c15-10-3-4-11(12(16)6-10)14(19)18-7-9-2-1-5-17-13(9)8-18/h3-4,6,9,13,17H,1-2,5,7-8H2/t9-,13+/m0/s1. The van der Waals surface area contributed by atoms with Gasteiger partial charge < -0.3 is 10.2 Å². The number of likely N-dealkylation sites (tertiary alicyclic amines) is 1. The number of amides is 1. The van der Waals surface area contributed by atoms with E-state index in [1.165, 1.54) is 12.1 Å². The van der Waals surface area contributed by atoms with Crippen LogP contribution < -0.4 is 5.32 Å². The Morgan fingerprint density at radius 1 is 1.42 bits per heavy atom. The van der Waals surface area contributed by atoms with Crippen LogP contribution in [0.4, 0.5) is 4.39 Å². The zero-order chi connectivity index (χ0) is 13.4. The molecule has 3 rings (SSSR count). The lowest BCUT2D eigenvalue weighted by molar-refractivity contribution is 0.0781. The first-order chi connectivity index (χ1) is 9.15. The number of fused-ring (bicyclic) bond motifs is 1. The molecule has 0 aliphatic carbocycles. The molecule has 1 N–H and O–H groups in total. The maximum atomic E-state index is 13.8. The lowest BCUT2D eigenvalue weighted by Crippen LogP contribution is -2.41. The van der Waals surface area contributed by atoms with E-state index in [0.29, 0.717) is 23.5 Å². The van der Waals surface area contributed by atoms with Gasteiger partial charge in [-0.2, -0.15) is 0 Å². The van der Waals surface area contributed by atoms with Gasteiger partial charge in [-0.25, -0.2) is 4.39 Å². The zero-order valence-electron chi connectivity index (χ0n) is 10.5. The minimum Gasteiger partial charge on any atom is -0.337 e. The summed E-state index contributed by atoms with van der Waals surface area (Å²) in [4.78, 5) is 14.1. The molecule has 0 saturated carbocycles. The second kappa shape index (κ2) is 5.10. The molecule has 0 bridgehead atoms. The van der Waals surface area contributed by atoms with Crippen molar-refractivity contribution in [2.45, 2.75) is 18.9 Å². The first-order valence-corrected chi connectivity index (χ1v) is 7.00. The molecular formula is C14H16ClFN2O. The number of carbonyl (C=O) groups excluding carboxylic acids is 1. The van der Waals surface area contributed by atoms with Crippen molar-refractivity contribution >= 4 is 17.5 Å². The summed E-state index contributed by atoms with van der Waals surface area (Å²) in [6, 6.07) is 4.58. The average molecular weight is 283 g/mol. The molecule has 2 saturated heterocycles. The molecule has 19 heavy (non-hydrogen) atoms. The molecule has 0 radical (unpaired) electrons. The predicted molar refractivity (Wildman–Crippen MR) is 71.8 cm³/mol. The molecule has 2 aliphatic rings. The number of rotatable bonds is 1. The fourth-order valence-corrected chi connectivity index (χ4v) is 3.20. The van der Waals surface area contributed by atoms with E-state index in [9.17, 15) is 9.18 Å². The largest absolute Gasteiger partial charge is 0.337 e. The molecule has 0 unspecified atom stereocenters. The van der Waals surface area contributed by atoms with Gasteiger partial charge >= 0.3 is 0 Å². The summed E-state index contributed by atoms with van der Waals surface area (Å²) in [5.41, 5.74) is 0.114. The van der Waals surface area contributed by atoms with Gasteiger partial charge in [0.05, 0.1) is 5.56 Å². The Labute approximate surface area is 116 Å². The molecule has 3 nitrogen and oxygen atoms in total. The summed E-state index contributed by atoms with van der Waals surface area (Å²) in [5, 5.41) is 3.74. The number of nitrogens with zero attached hydrogens (tertiary/aromatic N) is 1. The van der Waals surface area contributed by atoms with Crippen LogP contribution >= 0.6 is 11.6 Å². The van der Waals surface area contributed by atoms with Crippen LogP contribution in [0.25, 0.3) is 0 Å². The monoisotopic (exact) mass is 282 g/mol. The molecule has 5 heteroatoms. The third-order valence-electron chi connectivity index (χ3n) is 4.05. The molecule has 1 amide bonds. The molecule has 2 heterocycles. The molecule has 0 aromatic heterocycles. The summed E-state index contributed by atoms with van der Waals surface area (Å²) in [6.07, 6.45) is 2.29.